The highest BCUT2D eigenvalue weighted by Gasteiger charge is 2.18. The molecule has 1 unspecified atom stereocenters. The van der Waals surface area contributed by atoms with Crippen molar-refractivity contribution in [1.29, 1.82) is 5.26 Å². The average Bonchev–Trinajstić information content (AvgIpc) is 2.59. The molecule has 0 radical (unpaired) electrons. The van der Waals surface area contributed by atoms with Gasteiger partial charge in [0, 0.05) is 13.1 Å². The Morgan fingerprint density at radius 1 is 1.29 bits per heavy atom. The third-order valence-corrected chi connectivity index (χ3v) is 2.49. The van der Waals surface area contributed by atoms with Crippen LogP contribution in [0.4, 0.5) is 0 Å². The van der Waals surface area contributed by atoms with Crippen LogP contribution in [0.25, 0.3) is 0 Å². The van der Waals surface area contributed by atoms with Crippen molar-refractivity contribution in [1.82, 2.24) is 4.90 Å². The Morgan fingerprint density at radius 2 is 1.88 bits per heavy atom. The van der Waals surface area contributed by atoms with Gasteiger partial charge in [0.05, 0.1) is 6.07 Å². The fraction of sp³-hybridized carbons (Fsp3) is 0.857. The topological polar surface area (TPSA) is 44.1 Å². The molecule has 0 saturated carbocycles. The van der Waals surface area contributed by atoms with Gasteiger partial charge in [0.15, 0.2) is 0 Å². The van der Waals surface area contributed by atoms with Crippen LogP contribution in [0.1, 0.15) is 60.3 Å². The van der Waals surface area contributed by atoms with Crippen LogP contribution in [0.5, 0.6) is 0 Å². The van der Waals surface area contributed by atoms with Gasteiger partial charge in [-0.05, 0) is 18.8 Å². The molecule has 3 heteroatoms. The number of nitrogens with zero attached hydrogens (tertiary/aromatic N) is 2. The first-order chi connectivity index (χ1) is 8.24. The van der Waals surface area contributed by atoms with Gasteiger partial charge in [-0.25, -0.2) is 0 Å². The summed E-state index contributed by atoms with van der Waals surface area (Å²) < 4.78 is 0. The quantitative estimate of drug-likeness (QED) is 0.703. The highest BCUT2D eigenvalue weighted by atomic mass is 16.2. The Morgan fingerprint density at radius 3 is 2.41 bits per heavy atom. The van der Waals surface area contributed by atoms with Crippen molar-refractivity contribution in [3.8, 4) is 6.07 Å². The molecule has 1 atom stereocenters. The van der Waals surface area contributed by atoms with E-state index in [2.05, 4.69) is 6.92 Å². The van der Waals surface area contributed by atoms with Gasteiger partial charge in [0.1, 0.15) is 6.42 Å². The molecule has 0 aliphatic carbocycles. The van der Waals surface area contributed by atoms with Crippen molar-refractivity contribution in [3.63, 3.8) is 0 Å². The van der Waals surface area contributed by atoms with Crippen molar-refractivity contribution >= 4 is 5.91 Å². The van der Waals surface area contributed by atoms with Crippen LogP contribution in [0.2, 0.25) is 0 Å². The third-order valence-electron chi connectivity index (χ3n) is 2.49. The lowest BCUT2D eigenvalue weighted by molar-refractivity contribution is -0.130. The van der Waals surface area contributed by atoms with E-state index < -0.39 is 0 Å². The largest absolute Gasteiger partial charge is 0.342 e. The minimum Gasteiger partial charge on any atom is -0.342 e. The van der Waals surface area contributed by atoms with E-state index in [1.165, 1.54) is 12.8 Å². The summed E-state index contributed by atoms with van der Waals surface area (Å²) in [7, 11) is 0. The molecule has 0 aromatic carbocycles. The zero-order chi connectivity index (χ0) is 13.7. The normalized spacial score (nSPS) is 18.6. The van der Waals surface area contributed by atoms with Crippen LogP contribution in [0.3, 0.4) is 0 Å². The molecular formula is C14H28N2O. The molecule has 100 valence electrons. The number of hydrogen-bond acceptors (Lipinski definition) is 2. The molecule has 1 aliphatic rings. The fourth-order valence-corrected chi connectivity index (χ4v) is 1.76. The van der Waals surface area contributed by atoms with Gasteiger partial charge in [0.25, 0.3) is 0 Å². The first-order valence-corrected chi connectivity index (χ1v) is 6.88. The maximum absolute atomic E-state index is 11.4. The van der Waals surface area contributed by atoms with Crippen LogP contribution in [0, 0.1) is 17.2 Å². The van der Waals surface area contributed by atoms with Gasteiger partial charge >= 0.3 is 0 Å². The van der Waals surface area contributed by atoms with E-state index in [1.807, 2.05) is 38.7 Å². The molecule has 1 amide bonds. The number of hydrogen-bond donors (Lipinski definition) is 0. The SMILES string of the molecule is CC.CC.CC1CCCCN(C(=O)CC#N)C1. The van der Waals surface area contributed by atoms with E-state index in [4.69, 9.17) is 5.26 Å². The Labute approximate surface area is 107 Å². The molecule has 1 aliphatic heterocycles. The molecule has 1 heterocycles. The van der Waals surface area contributed by atoms with Crippen molar-refractivity contribution in [2.75, 3.05) is 13.1 Å². The Bertz CT molecular complexity index is 221. The minimum atomic E-state index is -0.00347. The highest BCUT2D eigenvalue weighted by molar-refractivity contribution is 5.78. The highest BCUT2D eigenvalue weighted by Crippen LogP contribution is 2.15. The predicted octanol–water partition coefficient (Wildman–Crippen LogP) is 3.60. The molecule has 17 heavy (non-hydrogen) atoms. The number of amides is 1. The average molecular weight is 240 g/mol. The van der Waals surface area contributed by atoms with Crippen LogP contribution >= 0.6 is 0 Å². The summed E-state index contributed by atoms with van der Waals surface area (Å²) in [4.78, 5) is 13.2. The fourth-order valence-electron chi connectivity index (χ4n) is 1.76. The molecule has 0 spiro atoms. The number of nitriles is 1. The Hall–Kier alpha value is -1.04. The zero-order valence-corrected chi connectivity index (χ0v) is 12.1. The predicted molar refractivity (Wildman–Crippen MR) is 72.5 cm³/mol. The number of likely N-dealkylation sites (tertiary alicyclic amines) is 1. The van der Waals surface area contributed by atoms with Crippen LogP contribution in [-0.4, -0.2) is 23.9 Å². The standard InChI is InChI=1S/C10H16N2O.2C2H6/c1-9-4-2-3-7-12(8-9)10(13)5-6-11;2*1-2/h9H,2-5,7-8H2,1H3;2*1-2H3. The second-order valence-corrected chi connectivity index (χ2v) is 3.78. The maximum Gasteiger partial charge on any atom is 0.236 e. The molecular weight excluding hydrogens is 212 g/mol. The molecule has 0 bridgehead atoms. The van der Waals surface area contributed by atoms with Crippen molar-refractivity contribution in [3.05, 3.63) is 0 Å². The molecule has 1 rings (SSSR count). The summed E-state index contributed by atoms with van der Waals surface area (Å²) in [5, 5.41) is 8.41. The summed E-state index contributed by atoms with van der Waals surface area (Å²) in [6.07, 6.45) is 3.53. The first-order valence-electron chi connectivity index (χ1n) is 6.88. The third kappa shape index (κ3) is 8.74. The monoisotopic (exact) mass is 240 g/mol. The molecule has 0 aromatic rings. The van der Waals surface area contributed by atoms with E-state index in [0.29, 0.717) is 5.92 Å². The lowest BCUT2D eigenvalue weighted by atomic mass is 10.1. The summed E-state index contributed by atoms with van der Waals surface area (Å²) in [5.41, 5.74) is 0. The molecule has 1 fully saturated rings. The lowest BCUT2D eigenvalue weighted by Crippen LogP contribution is -2.33. The van der Waals surface area contributed by atoms with E-state index in [0.717, 1.165) is 19.5 Å². The van der Waals surface area contributed by atoms with Crippen molar-refractivity contribution < 1.29 is 4.79 Å². The number of rotatable bonds is 1. The van der Waals surface area contributed by atoms with Crippen LogP contribution in [-0.2, 0) is 4.79 Å². The first kappa shape index (κ1) is 18.3. The van der Waals surface area contributed by atoms with Crippen molar-refractivity contribution in [2.45, 2.75) is 60.3 Å². The summed E-state index contributed by atoms with van der Waals surface area (Å²) >= 11 is 0. The van der Waals surface area contributed by atoms with Gasteiger partial charge < -0.3 is 4.90 Å². The van der Waals surface area contributed by atoms with Gasteiger partial charge in [-0.2, -0.15) is 5.26 Å². The molecule has 0 aromatic heterocycles. The number of carbonyl (C=O) groups excluding carboxylic acids is 1. The Balaban J connectivity index is 0. The summed E-state index contributed by atoms with van der Waals surface area (Å²) in [6, 6.07) is 1.91. The van der Waals surface area contributed by atoms with E-state index in [1.54, 1.807) is 0 Å². The second-order valence-electron chi connectivity index (χ2n) is 3.78. The lowest BCUT2D eigenvalue weighted by Gasteiger charge is -2.21. The van der Waals surface area contributed by atoms with Gasteiger partial charge in [0.2, 0.25) is 5.91 Å². The van der Waals surface area contributed by atoms with Crippen LogP contribution in [0.15, 0.2) is 0 Å². The maximum atomic E-state index is 11.4. The van der Waals surface area contributed by atoms with Gasteiger partial charge in [-0.3, -0.25) is 4.79 Å². The van der Waals surface area contributed by atoms with Crippen molar-refractivity contribution in [2.24, 2.45) is 5.92 Å². The molecule has 3 nitrogen and oxygen atoms in total. The molecule has 1 saturated heterocycles. The van der Waals surface area contributed by atoms with Gasteiger partial charge in [-0.1, -0.05) is 41.0 Å². The zero-order valence-electron chi connectivity index (χ0n) is 12.1. The van der Waals surface area contributed by atoms with E-state index in [9.17, 15) is 4.79 Å². The van der Waals surface area contributed by atoms with E-state index in [-0.39, 0.29) is 12.3 Å². The minimum absolute atomic E-state index is 0.00347. The summed E-state index contributed by atoms with van der Waals surface area (Å²) in [6.45, 7) is 11.8. The second kappa shape index (κ2) is 13.0. The van der Waals surface area contributed by atoms with E-state index >= 15 is 0 Å². The summed E-state index contributed by atoms with van der Waals surface area (Å²) in [5.74, 6) is 0.585. The number of carbonyl (C=O) groups is 1. The van der Waals surface area contributed by atoms with Gasteiger partial charge in [-0.15, -0.1) is 0 Å². The molecule has 0 N–H and O–H groups in total. The Kier molecular flexibility index (Phi) is 14.0. The van der Waals surface area contributed by atoms with Crippen LogP contribution < -0.4 is 0 Å². The smallest absolute Gasteiger partial charge is 0.236 e.